The third-order valence-corrected chi connectivity index (χ3v) is 5.46. The average Bonchev–Trinajstić information content (AvgIpc) is 3.38. The number of rotatable bonds is 9. The summed E-state index contributed by atoms with van der Waals surface area (Å²) in [5.41, 5.74) is 1.00. The molecule has 2 heterocycles. The zero-order chi connectivity index (χ0) is 25.4. The molecule has 1 fully saturated rings. The molecule has 2 aromatic rings. The summed E-state index contributed by atoms with van der Waals surface area (Å²) < 4.78 is 4.38. The molecule has 12 heteroatoms. The van der Waals surface area contributed by atoms with Crippen LogP contribution in [0, 0.1) is 0 Å². The lowest BCUT2D eigenvalue weighted by Gasteiger charge is -2.23. The Morgan fingerprint density at radius 1 is 1.00 bits per heavy atom. The lowest BCUT2D eigenvalue weighted by molar-refractivity contribution is -0.144. The predicted octanol–water partition coefficient (Wildman–Crippen LogP) is -1.07. The summed E-state index contributed by atoms with van der Waals surface area (Å²) in [6.07, 6.45) is 2.30. The molecule has 1 aromatic carbocycles. The standard InChI is InChI=1S/C23H25N5O7/c1-35-20(31)13-25-18(29)11-26-23(34)21(32)17-7-4-10-28(17)19(30)12-27-22(33)15-8-9-24-16-6-3-2-5-14(15)16/h2-3,5-6,8-9,17H,4,7,10-13H2,1H3,(H,25,29)(H,26,34)(H,27,33)/t17-/m0/s1. The second-order valence-corrected chi connectivity index (χ2v) is 7.70. The number of esters is 1. The normalized spacial score (nSPS) is 14.8. The molecule has 3 N–H and O–H groups in total. The number of para-hydroxylation sites is 1. The van der Waals surface area contributed by atoms with Gasteiger partial charge in [-0.15, -0.1) is 0 Å². The van der Waals surface area contributed by atoms with Gasteiger partial charge < -0.3 is 25.6 Å². The molecule has 184 valence electrons. The summed E-state index contributed by atoms with van der Waals surface area (Å²) in [5.74, 6) is -4.18. The van der Waals surface area contributed by atoms with E-state index in [1.807, 2.05) is 0 Å². The van der Waals surface area contributed by atoms with Gasteiger partial charge in [-0.05, 0) is 25.0 Å². The Bertz CT molecular complexity index is 1160. The molecule has 1 aliphatic rings. The van der Waals surface area contributed by atoms with Crippen molar-refractivity contribution < 1.29 is 33.5 Å². The minimum atomic E-state index is -1.02. The molecule has 1 aliphatic heterocycles. The van der Waals surface area contributed by atoms with Crippen molar-refractivity contribution in [3.8, 4) is 0 Å². The van der Waals surface area contributed by atoms with E-state index in [0.717, 1.165) is 7.11 Å². The monoisotopic (exact) mass is 483 g/mol. The molecular formula is C23H25N5O7. The van der Waals surface area contributed by atoms with Gasteiger partial charge in [-0.25, -0.2) is 0 Å². The number of hydrogen-bond acceptors (Lipinski definition) is 8. The Labute approximate surface area is 200 Å². The quantitative estimate of drug-likeness (QED) is 0.300. The van der Waals surface area contributed by atoms with Gasteiger partial charge in [-0.2, -0.15) is 0 Å². The van der Waals surface area contributed by atoms with E-state index in [1.54, 1.807) is 30.3 Å². The van der Waals surface area contributed by atoms with Gasteiger partial charge in [0.15, 0.2) is 0 Å². The van der Waals surface area contributed by atoms with E-state index in [2.05, 4.69) is 25.7 Å². The van der Waals surface area contributed by atoms with Gasteiger partial charge in [-0.1, -0.05) is 18.2 Å². The van der Waals surface area contributed by atoms with Crippen LogP contribution in [-0.2, 0) is 28.7 Å². The number of nitrogens with one attached hydrogen (secondary N) is 3. The Morgan fingerprint density at radius 3 is 2.54 bits per heavy atom. The third kappa shape index (κ3) is 6.37. The van der Waals surface area contributed by atoms with Gasteiger partial charge in [0.25, 0.3) is 11.8 Å². The fraction of sp³-hybridized carbons (Fsp3) is 0.348. The number of likely N-dealkylation sites (tertiary alicyclic amines) is 1. The van der Waals surface area contributed by atoms with E-state index < -0.39 is 48.0 Å². The number of pyridine rings is 1. The maximum atomic E-state index is 12.7. The SMILES string of the molecule is COC(=O)CNC(=O)CNC(=O)C(=O)[C@@H]1CCCN1C(=O)CNC(=O)c1ccnc2ccccc12. The van der Waals surface area contributed by atoms with Crippen LogP contribution in [-0.4, -0.2) is 84.6 Å². The number of hydrogen-bond donors (Lipinski definition) is 3. The summed E-state index contributed by atoms with van der Waals surface area (Å²) in [4.78, 5) is 78.4. The Morgan fingerprint density at radius 2 is 1.77 bits per heavy atom. The zero-order valence-corrected chi connectivity index (χ0v) is 19.0. The Balaban J connectivity index is 1.52. The fourth-order valence-electron chi connectivity index (χ4n) is 3.69. The number of ketones is 1. The first-order valence-corrected chi connectivity index (χ1v) is 10.9. The number of methoxy groups -OCH3 is 1. The van der Waals surface area contributed by atoms with E-state index in [0.29, 0.717) is 22.9 Å². The van der Waals surface area contributed by atoms with Crippen molar-refractivity contribution in [3.05, 3.63) is 42.1 Å². The first-order valence-electron chi connectivity index (χ1n) is 10.9. The lowest BCUT2D eigenvalue weighted by Crippen LogP contribution is -2.50. The smallest absolute Gasteiger partial charge is 0.325 e. The molecular weight excluding hydrogens is 458 g/mol. The lowest BCUT2D eigenvalue weighted by atomic mass is 10.1. The van der Waals surface area contributed by atoms with E-state index in [4.69, 9.17) is 0 Å². The van der Waals surface area contributed by atoms with Crippen molar-refractivity contribution in [2.45, 2.75) is 18.9 Å². The van der Waals surface area contributed by atoms with E-state index in [1.165, 1.54) is 11.1 Å². The first kappa shape index (κ1) is 25.3. The van der Waals surface area contributed by atoms with E-state index >= 15 is 0 Å². The van der Waals surface area contributed by atoms with Gasteiger partial charge in [0.2, 0.25) is 17.6 Å². The van der Waals surface area contributed by atoms with Crippen LogP contribution in [0.1, 0.15) is 23.2 Å². The Kier molecular flexibility index (Phi) is 8.43. The van der Waals surface area contributed by atoms with E-state index in [-0.39, 0.29) is 26.1 Å². The van der Waals surface area contributed by atoms with Crippen molar-refractivity contribution in [1.82, 2.24) is 25.8 Å². The molecule has 4 amide bonds. The number of carbonyl (C=O) groups is 6. The summed E-state index contributed by atoms with van der Waals surface area (Å²) in [7, 11) is 1.16. The molecule has 0 bridgehead atoms. The van der Waals surface area contributed by atoms with Gasteiger partial charge in [-0.3, -0.25) is 33.8 Å². The number of carbonyl (C=O) groups excluding carboxylic acids is 6. The second kappa shape index (κ2) is 11.7. The number of benzene rings is 1. The minimum absolute atomic E-state index is 0.260. The Hall–Kier alpha value is -4.35. The van der Waals surface area contributed by atoms with Gasteiger partial charge in [0.05, 0.1) is 31.3 Å². The highest BCUT2D eigenvalue weighted by Crippen LogP contribution is 2.19. The maximum Gasteiger partial charge on any atom is 0.325 e. The summed E-state index contributed by atoms with van der Waals surface area (Å²) in [5, 5.41) is 7.61. The molecule has 0 saturated carbocycles. The van der Waals surface area contributed by atoms with Crippen molar-refractivity contribution in [2.75, 3.05) is 33.3 Å². The van der Waals surface area contributed by atoms with Crippen LogP contribution in [0.25, 0.3) is 10.9 Å². The van der Waals surface area contributed by atoms with Gasteiger partial charge in [0.1, 0.15) is 12.6 Å². The van der Waals surface area contributed by atoms with Gasteiger partial charge in [0, 0.05) is 18.1 Å². The van der Waals surface area contributed by atoms with Crippen LogP contribution < -0.4 is 16.0 Å². The number of amides is 4. The highest BCUT2D eigenvalue weighted by molar-refractivity contribution is 6.38. The zero-order valence-electron chi connectivity index (χ0n) is 19.0. The third-order valence-electron chi connectivity index (χ3n) is 5.46. The summed E-state index contributed by atoms with van der Waals surface area (Å²) >= 11 is 0. The predicted molar refractivity (Wildman–Crippen MR) is 122 cm³/mol. The molecule has 1 saturated heterocycles. The van der Waals surface area contributed by atoms with Crippen LogP contribution in [0.2, 0.25) is 0 Å². The van der Waals surface area contributed by atoms with Crippen LogP contribution in [0.5, 0.6) is 0 Å². The summed E-state index contributed by atoms with van der Waals surface area (Å²) in [6, 6.07) is 7.67. The van der Waals surface area contributed by atoms with Crippen LogP contribution in [0.4, 0.5) is 0 Å². The average molecular weight is 483 g/mol. The van der Waals surface area contributed by atoms with Crippen molar-refractivity contribution >= 4 is 46.3 Å². The highest BCUT2D eigenvalue weighted by Gasteiger charge is 2.37. The summed E-state index contributed by atoms with van der Waals surface area (Å²) in [6.45, 7) is -0.976. The van der Waals surface area contributed by atoms with Crippen LogP contribution in [0.15, 0.2) is 36.5 Å². The molecule has 0 aliphatic carbocycles. The number of ether oxygens (including phenoxy) is 1. The molecule has 0 spiro atoms. The molecule has 0 radical (unpaired) electrons. The molecule has 12 nitrogen and oxygen atoms in total. The molecule has 0 unspecified atom stereocenters. The molecule has 35 heavy (non-hydrogen) atoms. The fourth-order valence-corrected chi connectivity index (χ4v) is 3.69. The highest BCUT2D eigenvalue weighted by atomic mass is 16.5. The second-order valence-electron chi connectivity index (χ2n) is 7.70. The maximum absolute atomic E-state index is 12.7. The van der Waals surface area contributed by atoms with Crippen LogP contribution >= 0.6 is 0 Å². The van der Waals surface area contributed by atoms with Crippen molar-refractivity contribution in [3.63, 3.8) is 0 Å². The minimum Gasteiger partial charge on any atom is -0.468 e. The largest absolute Gasteiger partial charge is 0.468 e. The van der Waals surface area contributed by atoms with Gasteiger partial charge >= 0.3 is 5.97 Å². The number of aromatic nitrogens is 1. The van der Waals surface area contributed by atoms with Crippen molar-refractivity contribution in [1.29, 1.82) is 0 Å². The topological polar surface area (TPSA) is 164 Å². The molecule has 3 rings (SSSR count). The number of Topliss-reactive ketones (excluding diaryl/α,β-unsaturated/α-hetero) is 1. The molecule has 1 aromatic heterocycles. The number of fused-ring (bicyclic) bond motifs is 1. The number of nitrogens with zero attached hydrogens (tertiary/aromatic N) is 2. The first-order chi connectivity index (χ1) is 16.8. The van der Waals surface area contributed by atoms with Crippen LogP contribution in [0.3, 0.4) is 0 Å². The van der Waals surface area contributed by atoms with E-state index in [9.17, 15) is 28.8 Å². The molecule has 1 atom stereocenters. The van der Waals surface area contributed by atoms with Crippen molar-refractivity contribution in [2.24, 2.45) is 0 Å².